The number of carbonyl (C=O) groups excluding carboxylic acids is 1. The van der Waals surface area contributed by atoms with Crippen LogP contribution in [0.2, 0.25) is 0 Å². The quantitative estimate of drug-likeness (QED) is 0.338. The fourth-order valence-corrected chi connectivity index (χ4v) is 4.08. The molecule has 0 aliphatic rings. The third-order valence-electron chi connectivity index (χ3n) is 5.70. The van der Waals surface area contributed by atoms with E-state index in [4.69, 9.17) is 9.15 Å². The number of ether oxygens (including phenoxy) is 1. The van der Waals surface area contributed by atoms with Crippen molar-refractivity contribution in [3.05, 3.63) is 118 Å². The van der Waals surface area contributed by atoms with Crippen LogP contribution in [0, 0.1) is 20.8 Å². The molecule has 0 radical (unpaired) electrons. The summed E-state index contributed by atoms with van der Waals surface area (Å²) in [5.74, 6) is 2.50. The molecule has 1 N–H and O–H groups in total. The van der Waals surface area contributed by atoms with Crippen molar-refractivity contribution in [1.29, 1.82) is 0 Å². The Morgan fingerprint density at radius 1 is 0.879 bits per heavy atom. The van der Waals surface area contributed by atoms with Gasteiger partial charge in [-0.3, -0.25) is 4.79 Å². The van der Waals surface area contributed by atoms with Crippen molar-refractivity contribution in [2.24, 2.45) is 0 Å². The van der Waals surface area contributed by atoms with Gasteiger partial charge in [-0.2, -0.15) is 0 Å². The van der Waals surface area contributed by atoms with Gasteiger partial charge in [-0.05, 0) is 79.8 Å². The van der Waals surface area contributed by atoms with Crippen LogP contribution >= 0.6 is 0 Å². The smallest absolute Gasteiger partial charge is 0.287 e. The maximum absolute atomic E-state index is 12.6. The standard InChI is InChI=1S/C29H29NO3/c1-20-17-21(2)26(22(3)18-20)19-25-13-14-28(33-25)29(31)30-16-15-23-9-7-8-12-27(23)32-24-10-5-4-6-11-24/h4-14,17-18H,15-16,19H2,1-3H3,(H,30,31). The van der Waals surface area contributed by atoms with Crippen LogP contribution < -0.4 is 10.1 Å². The largest absolute Gasteiger partial charge is 0.457 e. The average Bonchev–Trinajstić information content (AvgIpc) is 3.27. The number of nitrogens with one attached hydrogen (secondary N) is 1. The number of benzene rings is 3. The molecule has 4 heteroatoms. The Hall–Kier alpha value is -3.79. The molecule has 0 saturated heterocycles. The monoisotopic (exact) mass is 439 g/mol. The second kappa shape index (κ2) is 10.2. The lowest BCUT2D eigenvalue weighted by atomic mass is 9.97. The van der Waals surface area contributed by atoms with Gasteiger partial charge in [0.05, 0.1) is 0 Å². The van der Waals surface area contributed by atoms with E-state index >= 15 is 0 Å². The Morgan fingerprint density at radius 2 is 1.58 bits per heavy atom. The predicted octanol–water partition coefficient (Wildman–Crippen LogP) is 6.56. The SMILES string of the molecule is Cc1cc(C)c(Cc2ccc(C(=O)NCCc3ccccc3Oc3ccccc3)o2)c(C)c1. The van der Waals surface area contributed by atoms with Gasteiger partial charge in [-0.15, -0.1) is 0 Å². The minimum atomic E-state index is -0.208. The number of rotatable bonds is 8. The summed E-state index contributed by atoms with van der Waals surface area (Å²) >= 11 is 0. The van der Waals surface area contributed by atoms with E-state index < -0.39 is 0 Å². The molecule has 0 unspecified atom stereocenters. The minimum absolute atomic E-state index is 0.208. The molecule has 0 atom stereocenters. The zero-order valence-corrected chi connectivity index (χ0v) is 19.4. The van der Waals surface area contributed by atoms with E-state index in [9.17, 15) is 4.79 Å². The summed E-state index contributed by atoms with van der Waals surface area (Å²) < 4.78 is 11.9. The first kappa shape index (κ1) is 22.4. The Labute approximate surface area is 195 Å². The van der Waals surface area contributed by atoms with Gasteiger partial charge in [0.2, 0.25) is 0 Å². The van der Waals surface area contributed by atoms with Gasteiger partial charge in [0.25, 0.3) is 5.91 Å². The highest BCUT2D eigenvalue weighted by atomic mass is 16.5. The van der Waals surface area contributed by atoms with Crippen molar-refractivity contribution >= 4 is 5.91 Å². The molecule has 0 aliphatic carbocycles. The molecule has 4 rings (SSSR count). The van der Waals surface area contributed by atoms with Crippen molar-refractivity contribution in [2.45, 2.75) is 33.6 Å². The second-order valence-electron chi connectivity index (χ2n) is 8.35. The number of hydrogen-bond donors (Lipinski definition) is 1. The zero-order valence-electron chi connectivity index (χ0n) is 19.4. The van der Waals surface area contributed by atoms with Crippen molar-refractivity contribution in [3.8, 4) is 11.5 Å². The first-order chi connectivity index (χ1) is 16.0. The van der Waals surface area contributed by atoms with Crippen LogP contribution in [0.4, 0.5) is 0 Å². The molecule has 3 aromatic carbocycles. The summed E-state index contributed by atoms with van der Waals surface area (Å²) in [6.07, 6.45) is 1.33. The summed E-state index contributed by atoms with van der Waals surface area (Å²) in [5, 5.41) is 2.96. The molecule has 4 nitrogen and oxygen atoms in total. The highest BCUT2D eigenvalue weighted by Gasteiger charge is 2.13. The topological polar surface area (TPSA) is 51.5 Å². The zero-order chi connectivity index (χ0) is 23.2. The molecule has 0 spiro atoms. The third-order valence-corrected chi connectivity index (χ3v) is 5.70. The summed E-state index contributed by atoms with van der Waals surface area (Å²) in [5.41, 5.74) is 6.02. The molecule has 1 heterocycles. The lowest BCUT2D eigenvalue weighted by Gasteiger charge is -2.11. The van der Waals surface area contributed by atoms with Crippen LogP contribution in [0.3, 0.4) is 0 Å². The van der Waals surface area contributed by atoms with Gasteiger partial charge < -0.3 is 14.5 Å². The van der Waals surface area contributed by atoms with Crippen LogP contribution in [0.25, 0.3) is 0 Å². The number of hydrogen-bond acceptors (Lipinski definition) is 3. The summed E-state index contributed by atoms with van der Waals surface area (Å²) in [4.78, 5) is 12.6. The molecular weight excluding hydrogens is 410 g/mol. The normalized spacial score (nSPS) is 10.8. The lowest BCUT2D eigenvalue weighted by Crippen LogP contribution is -2.25. The van der Waals surface area contributed by atoms with Crippen LogP contribution in [0.5, 0.6) is 11.5 Å². The van der Waals surface area contributed by atoms with Crippen LogP contribution in [-0.2, 0) is 12.8 Å². The molecule has 1 aromatic heterocycles. The van der Waals surface area contributed by atoms with Crippen molar-refractivity contribution in [3.63, 3.8) is 0 Å². The van der Waals surface area contributed by atoms with E-state index in [1.807, 2.05) is 60.7 Å². The number of para-hydroxylation sites is 2. The highest BCUT2D eigenvalue weighted by molar-refractivity contribution is 5.91. The lowest BCUT2D eigenvalue weighted by molar-refractivity contribution is 0.0925. The minimum Gasteiger partial charge on any atom is -0.457 e. The summed E-state index contributed by atoms with van der Waals surface area (Å²) in [7, 11) is 0. The molecule has 1 amide bonds. The number of aryl methyl sites for hydroxylation is 3. The van der Waals surface area contributed by atoms with Gasteiger partial charge in [-0.25, -0.2) is 0 Å². The van der Waals surface area contributed by atoms with Gasteiger partial charge in [0.15, 0.2) is 5.76 Å². The number of amides is 1. The van der Waals surface area contributed by atoms with Crippen molar-refractivity contribution in [2.75, 3.05) is 6.54 Å². The first-order valence-corrected chi connectivity index (χ1v) is 11.2. The molecule has 33 heavy (non-hydrogen) atoms. The maximum atomic E-state index is 12.6. The fourth-order valence-electron chi connectivity index (χ4n) is 4.08. The highest BCUT2D eigenvalue weighted by Crippen LogP contribution is 2.25. The Morgan fingerprint density at radius 3 is 2.33 bits per heavy atom. The molecule has 168 valence electrons. The Kier molecular flexibility index (Phi) is 6.94. The van der Waals surface area contributed by atoms with E-state index in [1.54, 1.807) is 6.07 Å². The maximum Gasteiger partial charge on any atom is 0.287 e. The van der Waals surface area contributed by atoms with Crippen LogP contribution in [0.15, 0.2) is 83.3 Å². The third kappa shape index (κ3) is 5.72. The fraction of sp³-hybridized carbons (Fsp3) is 0.207. The van der Waals surface area contributed by atoms with E-state index in [2.05, 4.69) is 38.2 Å². The summed E-state index contributed by atoms with van der Waals surface area (Å²) in [6.45, 7) is 6.82. The van der Waals surface area contributed by atoms with E-state index in [0.717, 1.165) is 22.8 Å². The van der Waals surface area contributed by atoms with Crippen molar-refractivity contribution in [1.82, 2.24) is 5.32 Å². The number of carbonyl (C=O) groups is 1. The second-order valence-corrected chi connectivity index (χ2v) is 8.35. The Balaban J connectivity index is 1.35. The van der Waals surface area contributed by atoms with E-state index in [-0.39, 0.29) is 5.91 Å². The average molecular weight is 440 g/mol. The van der Waals surface area contributed by atoms with Gasteiger partial charge >= 0.3 is 0 Å². The van der Waals surface area contributed by atoms with Crippen LogP contribution in [-0.4, -0.2) is 12.5 Å². The molecular formula is C29H29NO3. The Bertz CT molecular complexity index is 1220. The van der Waals surface area contributed by atoms with Gasteiger partial charge in [0, 0.05) is 13.0 Å². The molecule has 4 aromatic rings. The van der Waals surface area contributed by atoms with E-state index in [1.165, 1.54) is 22.3 Å². The molecule has 0 bridgehead atoms. The van der Waals surface area contributed by atoms with Gasteiger partial charge in [0.1, 0.15) is 17.3 Å². The van der Waals surface area contributed by atoms with Crippen molar-refractivity contribution < 1.29 is 13.9 Å². The predicted molar refractivity (Wildman–Crippen MR) is 131 cm³/mol. The summed E-state index contributed by atoms with van der Waals surface area (Å²) in [6, 6.07) is 25.6. The first-order valence-electron chi connectivity index (χ1n) is 11.2. The molecule has 0 aliphatic heterocycles. The van der Waals surface area contributed by atoms with E-state index in [0.29, 0.717) is 25.1 Å². The molecule has 0 fully saturated rings. The van der Waals surface area contributed by atoms with Gasteiger partial charge in [-0.1, -0.05) is 54.1 Å². The number of furan rings is 1. The van der Waals surface area contributed by atoms with Crippen LogP contribution in [0.1, 0.15) is 44.1 Å². The molecule has 0 saturated carbocycles.